The Morgan fingerprint density at radius 2 is 1.80 bits per heavy atom. The average Bonchev–Trinajstić information content (AvgIpc) is 2.85. The maximum absolute atomic E-state index is 13.0. The summed E-state index contributed by atoms with van der Waals surface area (Å²) in [5.41, 5.74) is 0.689. The molecule has 3 unspecified atom stereocenters. The Kier molecular flexibility index (Phi) is 5.07. The molecule has 0 aliphatic carbocycles. The first-order chi connectivity index (χ1) is 11.8. The average molecular weight is 366 g/mol. The van der Waals surface area contributed by atoms with Crippen LogP contribution in [-0.2, 0) is 19.7 Å². The van der Waals surface area contributed by atoms with Crippen molar-refractivity contribution in [2.45, 2.75) is 63.7 Å². The smallest absolute Gasteiger partial charge is 0.416 e. The Morgan fingerprint density at radius 1 is 1.20 bits per heavy atom. The summed E-state index contributed by atoms with van der Waals surface area (Å²) in [6, 6.07) is 7.43. The van der Waals surface area contributed by atoms with Gasteiger partial charge in [0.15, 0.2) is 0 Å². The zero-order valence-corrected chi connectivity index (χ0v) is 15.6. The molecule has 25 heavy (non-hydrogen) atoms. The van der Waals surface area contributed by atoms with Crippen molar-refractivity contribution in [2.75, 3.05) is 6.61 Å². The van der Waals surface area contributed by atoms with Gasteiger partial charge in [-0.1, -0.05) is 23.7 Å². The van der Waals surface area contributed by atoms with Crippen LogP contribution in [0.1, 0.15) is 45.6 Å². The summed E-state index contributed by atoms with van der Waals surface area (Å²) in [7, 11) is 0. The summed E-state index contributed by atoms with van der Waals surface area (Å²) in [6.45, 7) is 6.14. The third-order valence-corrected chi connectivity index (χ3v) is 5.37. The van der Waals surface area contributed by atoms with Crippen LogP contribution in [0.2, 0.25) is 5.02 Å². The van der Waals surface area contributed by atoms with Crippen molar-refractivity contribution < 1.29 is 19.1 Å². The van der Waals surface area contributed by atoms with E-state index in [1.807, 2.05) is 45.0 Å². The van der Waals surface area contributed by atoms with E-state index >= 15 is 0 Å². The van der Waals surface area contributed by atoms with Crippen LogP contribution in [0, 0.1) is 0 Å². The molecule has 0 N–H and O–H groups in total. The van der Waals surface area contributed by atoms with Crippen LogP contribution in [-0.4, -0.2) is 41.8 Å². The highest BCUT2D eigenvalue weighted by Crippen LogP contribution is 2.43. The van der Waals surface area contributed by atoms with Gasteiger partial charge >= 0.3 is 6.09 Å². The fourth-order valence-corrected chi connectivity index (χ4v) is 4.33. The number of hydrogen-bond donors (Lipinski definition) is 0. The summed E-state index contributed by atoms with van der Waals surface area (Å²) in [6.07, 6.45) is 1.23. The van der Waals surface area contributed by atoms with Gasteiger partial charge in [0.05, 0.1) is 18.2 Å². The number of hydrogen-bond acceptors (Lipinski definition) is 4. The standard InChI is InChI=1S/C19H24ClNO4/c1-12-11-24-18(23)21(12)17(22)10-19(8-13(2)25-14(3)9-19)15-4-6-16(20)7-5-15/h4-7,12-14H,8-11H2,1-3H3. The largest absolute Gasteiger partial charge is 0.447 e. The van der Waals surface area contributed by atoms with E-state index in [1.54, 1.807) is 0 Å². The highest BCUT2D eigenvalue weighted by atomic mass is 35.5. The van der Waals surface area contributed by atoms with E-state index in [1.165, 1.54) is 4.90 Å². The number of rotatable bonds is 3. The van der Waals surface area contributed by atoms with Crippen molar-refractivity contribution in [2.24, 2.45) is 0 Å². The first kappa shape index (κ1) is 18.2. The van der Waals surface area contributed by atoms with Crippen molar-refractivity contribution in [3.05, 3.63) is 34.9 Å². The second kappa shape index (κ2) is 6.96. The molecule has 2 amide bonds. The Bertz CT molecular complexity index is 650. The first-order valence-electron chi connectivity index (χ1n) is 8.71. The topological polar surface area (TPSA) is 55.8 Å². The molecule has 136 valence electrons. The molecule has 6 heteroatoms. The zero-order chi connectivity index (χ0) is 18.2. The van der Waals surface area contributed by atoms with Crippen LogP contribution in [0.25, 0.3) is 0 Å². The molecule has 0 radical (unpaired) electrons. The third-order valence-electron chi connectivity index (χ3n) is 5.12. The summed E-state index contributed by atoms with van der Waals surface area (Å²) in [4.78, 5) is 26.1. The van der Waals surface area contributed by atoms with Gasteiger partial charge in [-0.05, 0) is 51.3 Å². The third kappa shape index (κ3) is 3.67. The molecule has 3 atom stereocenters. The lowest BCUT2D eigenvalue weighted by Crippen LogP contribution is -2.47. The molecule has 2 aliphatic rings. The van der Waals surface area contributed by atoms with Gasteiger partial charge in [0.25, 0.3) is 0 Å². The van der Waals surface area contributed by atoms with E-state index < -0.39 is 6.09 Å². The molecule has 0 bridgehead atoms. The molecule has 2 aliphatic heterocycles. The fourth-order valence-electron chi connectivity index (χ4n) is 4.20. The van der Waals surface area contributed by atoms with Crippen molar-refractivity contribution in [1.82, 2.24) is 4.90 Å². The molecule has 0 spiro atoms. The molecule has 1 aromatic rings. The Hall–Kier alpha value is -1.59. The SMILES string of the molecule is CC1CC(CC(=O)N2C(=O)OCC2C)(c2ccc(Cl)cc2)CC(C)O1. The van der Waals surface area contributed by atoms with E-state index in [2.05, 4.69) is 0 Å². The number of benzene rings is 1. The van der Waals surface area contributed by atoms with Gasteiger partial charge in [-0.2, -0.15) is 0 Å². The second-order valence-corrected chi connectivity index (χ2v) is 7.76. The van der Waals surface area contributed by atoms with Gasteiger partial charge < -0.3 is 9.47 Å². The van der Waals surface area contributed by atoms with Crippen LogP contribution in [0.4, 0.5) is 4.79 Å². The molecular weight excluding hydrogens is 342 g/mol. The summed E-state index contributed by atoms with van der Waals surface area (Å²) in [5, 5.41) is 0.662. The van der Waals surface area contributed by atoms with E-state index in [9.17, 15) is 9.59 Å². The molecule has 2 heterocycles. The molecule has 2 saturated heterocycles. The lowest BCUT2D eigenvalue weighted by Gasteiger charge is -2.43. The lowest BCUT2D eigenvalue weighted by atomic mass is 9.68. The molecule has 1 aromatic carbocycles. The molecule has 0 aromatic heterocycles. The Balaban J connectivity index is 1.92. The van der Waals surface area contributed by atoms with Crippen molar-refractivity contribution in [1.29, 1.82) is 0 Å². The number of carbonyl (C=O) groups excluding carboxylic acids is 2. The molecule has 5 nitrogen and oxygen atoms in total. The minimum absolute atomic E-state index is 0.0372. The summed E-state index contributed by atoms with van der Waals surface area (Å²) in [5.74, 6) is -0.189. The van der Waals surface area contributed by atoms with Crippen LogP contribution in [0.15, 0.2) is 24.3 Å². The Labute approximate surface area is 153 Å². The second-order valence-electron chi connectivity index (χ2n) is 7.32. The van der Waals surface area contributed by atoms with Gasteiger partial charge in [0.1, 0.15) is 6.61 Å². The first-order valence-corrected chi connectivity index (χ1v) is 9.09. The zero-order valence-electron chi connectivity index (χ0n) is 14.8. The number of cyclic esters (lactones) is 1. The fraction of sp³-hybridized carbons (Fsp3) is 0.579. The van der Waals surface area contributed by atoms with Crippen LogP contribution < -0.4 is 0 Å². The normalized spacial score (nSPS) is 32.6. The van der Waals surface area contributed by atoms with Crippen LogP contribution in [0.3, 0.4) is 0 Å². The number of nitrogens with zero attached hydrogens (tertiary/aromatic N) is 1. The minimum atomic E-state index is -0.545. The number of carbonyl (C=O) groups is 2. The van der Waals surface area contributed by atoms with Gasteiger partial charge in [0, 0.05) is 16.9 Å². The van der Waals surface area contributed by atoms with Gasteiger partial charge in [-0.3, -0.25) is 4.79 Å². The highest BCUT2D eigenvalue weighted by Gasteiger charge is 2.45. The molecule has 3 rings (SSSR count). The monoisotopic (exact) mass is 365 g/mol. The summed E-state index contributed by atoms with van der Waals surface area (Å²) < 4.78 is 10.9. The number of imide groups is 1. The predicted octanol–water partition coefficient (Wildman–Crippen LogP) is 3.92. The van der Waals surface area contributed by atoms with Gasteiger partial charge in [-0.15, -0.1) is 0 Å². The van der Waals surface area contributed by atoms with Crippen LogP contribution >= 0.6 is 11.6 Å². The number of amides is 2. The van der Waals surface area contributed by atoms with E-state index in [4.69, 9.17) is 21.1 Å². The highest BCUT2D eigenvalue weighted by molar-refractivity contribution is 6.30. The van der Waals surface area contributed by atoms with Crippen molar-refractivity contribution in [3.8, 4) is 0 Å². The molecular formula is C19H24ClNO4. The maximum atomic E-state index is 13.0. The predicted molar refractivity (Wildman–Crippen MR) is 94.6 cm³/mol. The summed E-state index contributed by atoms with van der Waals surface area (Å²) >= 11 is 6.04. The maximum Gasteiger partial charge on any atom is 0.416 e. The van der Waals surface area contributed by atoms with Crippen molar-refractivity contribution >= 4 is 23.6 Å². The van der Waals surface area contributed by atoms with E-state index in [0.717, 1.165) is 18.4 Å². The number of ether oxygens (including phenoxy) is 2. The van der Waals surface area contributed by atoms with Crippen molar-refractivity contribution in [3.63, 3.8) is 0 Å². The lowest BCUT2D eigenvalue weighted by molar-refractivity contribution is -0.133. The molecule has 2 fully saturated rings. The Morgan fingerprint density at radius 3 is 2.32 bits per heavy atom. The molecule has 0 saturated carbocycles. The number of halogens is 1. The van der Waals surface area contributed by atoms with Gasteiger partial charge in [0.2, 0.25) is 5.91 Å². The van der Waals surface area contributed by atoms with Crippen LogP contribution in [0.5, 0.6) is 0 Å². The van der Waals surface area contributed by atoms with E-state index in [-0.39, 0.29) is 42.6 Å². The quantitative estimate of drug-likeness (QED) is 0.814. The minimum Gasteiger partial charge on any atom is -0.447 e. The van der Waals surface area contributed by atoms with E-state index in [0.29, 0.717) is 5.02 Å². The van der Waals surface area contributed by atoms with Gasteiger partial charge in [-0.25, -0.2) is 9.69 Å².